The summed E-state index contributed by atoms with van der Waals surface area (Å²) in [4.78, 5) is 6.83. The minimum atomic E-state index is 0. The van der Waals surface area contributed by atoms with Crippen molar-refractivity contribution in [1.82, 2.24) is 15.5 Å². The zero-order chi connectivity index (χ0) is 19.5. The number of benzene rings is 1. The van der Waals surface area contributed by atoms with Crippen LogP contribution in [-0.4, -0.2) is 57.2 Å². The monoisotopic (exact) mass is 502 g/mol. The highest BCUT2D eigenvalue weighted by Crippen LogP contribution is 2.33. The Balaban J connectivity index is 0.00000392. The summed E-state index contributed by atoms with van der Waals surface area (Å²) in [6.07, 6.45) is 3.61. The molecule has 1 aromatic carbocycles. The van der Waals surface area contributed by atoms with E-state index < -0.39 is 0 Å². The van der Waals surface area contributed by atoms with E-state index >= 15 is 0 Å². The van der Waals surface area contributed by atoms with Crippen molar-refractivity contribution in [1.29, 1.82) is 0 Å². The van der Waals surface area contributed by atoms with E-state index in [-0.39, 0.29) is 30.1 Å². The quantitative estimate of drug-likeness (QED) is 0.232. The van der Waals surface area contributed by atoms with Crippen molar-refractivity contribution < 1.29 is 4.74 Å². The van der Waals surface area contributed by atoms with E-state index in [4.69, 9.17) is 4.74 Å². The second-order valence-corrected chi connectivity index (χ2v) is 7.36. The van der Waals surface area contributed by atoms with Crippen LogP contribution in [0.5, 0.6) is 0 Å². The Hall–Kier alpha value is -0.860. The van der Waals surface area contributed by atoms with Gasteiger partial charge in [-0.1, -0.05) is 43.7 Å². The predicted octanol–water partition coefficient (Wildman–Crippen LogP) is 3.98. The van der Waals surface area contributed by atoms with Crippen LogP contribution < -0.4 is 10.6 Å². The van der Waals surface area contributed by atoms with E-state index in [1.807, 2.05) is 7.05 Å². The van der Waals surface area contributed by atoms with Crippen LogP contribution in [-0.2, 0) is 4.74 Å². The number of aliphatic imine (C=N–C) groups is 1. The summed E-state index contributed by atoms with van der Waals surface area (Å²) in [5, 5.41) is 6.96. The van der Waals surface area contributed by atoms with Gasteiger partial charge < -0.3 is 20.3 Å². The summed E-state index contributed by atoms with van der Waals surface area (Å²) in [7, 11) is 1.84. The van der Waals surface area contributed by atoms with Crippen molar-refractivity contribution >= 4 is 29.9 Å². The van der Waals surface area contributed by atoms with E-state index in [9.17, 15) is 0 Å². The standard InChI is InChI=1S/C22H38N4O.HI/c1-5-26(6-2)15-8-14-24-22(23-4)25-17-20-9-7-16-27-21(20)19-12-10-18(3)11-13-19;/h10-13,20-21H,5-9,14-17H2,1-4H3,(H2,23,24,25);1H. The lowest BCUT2D eigenvalue weighted by Gasteiger charge is -2.32. The molecule has 0 spiro atoms. The highest BCUT2D eigenvalue weighted by molar-refractivity contribution is 14.0. The van der Waals surface area contributed by atoms with Crippen molar-refractivity contribution in [3.63, 3.8) is 0 Å². The van der Waals surface area contributed by atoms with Gasteiger partial charge in [0.1, 0.15) is 0 Å². The van der Waals surface area contributed by atoms with Gasteiger partial charge in [0.05, 0.1) is 6.10 Å². The molecule has 6 heteroatoms. The fourth-order valence-electron chi connectivity index (χ4n) is 3.67. The molecule has 2 atom stereocenters. The number of nitrogens with zero attached hydrogens (tertiary/aromatic N) is 2. The summed E-state index contributed by atoms with van der Waals surface area (Å²) >= 11 is 0. The minimum absolute atomic E-state index is 0. The maximum absolute atomic E-state index is 6.13. The third kappa shape index (κ3) is 8.25. The maximum atomic E-state index is 6.13. The molecule has 0 aliphatic carbocycles. The second-order valence-electron chi connectivity index (χ2n) is 7.36. The second kappa shape index (κ2) is 14.2. The molecule has 0 aromatic heterocycles. The van der Waals surface area contributed by atoms with Crippen molar-refractivity contribution in [3.8, 4) is 0 Å². The summed E-state index contributed by atoms with van der Waals surface area (Å²) in [6, 6.07) is 8.76. The first-order valence-corrected chi connectivity index (χ1v) is 10.5. The Morgan fingerprint density at radius 1 is 1.18 bits per heavy atom. The molecule has 1 heterocycles. The van der Waals surface area contributed by atoms with Gasteiger partial charge in [-0.2, -0.15) is 0 Å². The molecule has 0 amide bonds. The Kier molecular flexibility index (Phi) is 12.7. The summed E-state index contributed by atoms with van der Waals surface area (Å²) in [5.41, 5.74) is 2.58. The van der Waals surface area contributed by atoms with Crippen LogP contribution in [0.4, 0.5) is 0 Å². The van der Waals surface area contributed by atoms with Gasteiger partial charge in [-0.05, 0) is 51.4 Å². The summed E-state index contributed by atoms with van der Waals surface area (Å²) < 4.78 is 6.13. The van der Waals surface area contributed by atoms with E-state index in [2.05, 4.69) is 65.6 Å². The van der Waals surface area contributed by atoms with Crippen LogP contribution in [0.2, 0.25) is 0 Å². The molecule has 2 N–H and O–H groups in total. The molecule has 5 nitrogen and oxygen atoms in total. The molecule has 0 saturated carbocycles. The normalized spacial score (nSPS) is 20.0. The van der Waals surface area contributed by atoms with Gasteiger partial charge in [0.2, 0.25) is 0 Å². The lowest BCUT2D eigenvalue weighted by molar-refractivity contribution is -0.0265. The van der Waals surface area contributed by atoms with Crippen LogP contribution in [0.25, 0.3) is 0 Å². The number of rotatable bonds is 9. The third-order valence-electron chi connectivity index (χ3n) is 5.44. The first-order chi connectivity index (χ1) is 13.2. The van der Waals surface area contributed by atoms with Crippen LogP contribution in [0.15, 0.2) is 29.3 Å². The number of ether oxygens (including phenoxy) is 1. The highest BCUT2D eigenvalue weighted by atomic mass is 127. The average Bonchev–Trinajstić information content (AvgIpc) is 2.71. The van der Waals surface area contributed by atoms with Crippen molar-refractivity contribution in [2.75, 3.05) is 46.4 Å². The van der Waals surface area contributed by atoms with Crippen LogP contribution in [0.3, 0.4) is 0 Å². The third-order valence-corrected chi connectivity index (χ3v) is 5.44. The molecule has 0 radical (unpaired) electrons. The Morgan fingerprint density at radius 3 is 2.54 bits per heavy atom. The molecule has 0 bridgehead atoms. The number of aryl methyl sites for hydroxylation is 1. The maximum Gasteiger partial charge on any atom is 0.190 e. The Labute approximate surface area is 188 Å². The van der Waals surface area contributed by atoms with E-state index in [1.165, 1.54) is 17.5 Å². The molecule has 1 fully saturated rings. The predicted molar refractivity (Wildman–Crippen MR) is 130 cm³/mol. The van der Waals surface area contributed by atoms with Crippen molar-refractivity contribution in [3.05, 3.63) is 35.4 Å². The first-order valence-electron chi connectivity index (χ1n) is 10.5. The smallest absolute Gasteiger partial charge is 0.190 e. The van der Waals surface area contributed by atoms with Crippen molar-refractivity contribution in [2.45, 2.75) is 46.1 Å². The Morgan fingerprint density at radius 2 is 1.89 bits per heavy atom. The zero-order valence-electron chi connectivity index (χ0n) is 18.0. The first kappa shape index (κ1) is 25.2. The molecular weight excluding hydrogens is 463 g/mol. The lowest BCUT2D eigenvalue weighted by atomic mass is 9.89. The SMILES string of the molecule is CCN(CC)CCCNC(=NC)NCC1CCCOC1c1ccc(C)cc1.I. The molecule has 1 aliphatic rings. The number of hydrogen-bond acceptors (Lipinski definition) is 3. The van der Waals surface area contributed by atoms with Gasteiger partial charge in [-0.25, -0.2) is 0 Å². The van der Waals surface area contributed by atoms with Gasteiger partial charge in [-0.15, -0.1) is 24.0 Å². The fourth-order valence-corrected chi connectivity index (χ4v) is 3.67. The molecule has 28 heavy (non-hydrogen) atoms. The van der Waals surface area contributed by atoms with Crippen LogP contribution >= 0.6 is 24.0 Å². The summed E-state index contributed by atoms with van der Waals surface area (Å²) in [5.74, 6) is 1.36. The minimum Gasteiger partial charge on any atom is -0.373 e. The molecule has 2 unspecified atom stereocenters. The van der Waals surface area contributed by atoms with Gasteiger partial charge >= 0.3 is 0 Å². The zero-order valence-corrected chi connectivity index (χ0v) is 20.4. The van der Waals surface area contributed by atoms with Gasteiger partial charge in [0.15, 0.2) is 5.96 Å². The molecule has 1 saturated heterocycles. The van der Waals surface area contributed by atoms with Crippen molar-refractivity contribution in [2.24, 2.45) is 10.9 Å². The molecule has 160 valence electrons. The van der Waals surface area contributed by atoms with Gasteiger partial charge in [0, 0.05) is 32.7 Å². The molecule has 1 aromatic rings. The van der Waals surface area contributed by atoms with E-state index in [0.717, 1.165) is 58.1 Å². The molecular formula is C22H39IN4O. The Bertz CT molecular complexity index is 560. The van der Waals surface area contributed by atoms with Crippen LogP contribution in [0.1, 0.15) is 50.3 Å². The fraction of sp³-hybridized carbons (Fsp3) is 0.682. The topological polar surface area (TPSA) is 48.9 Å². The van der Waals surface area contributed by atoms with Gasteiger partial charge in [-0.3, -0.25) is 4.99 Å². The largest absolute Gasteiger partial charge is 0.373 e. The number of hydrogen-bond donors (Lipinski definition) is 2. The van der Waals surface area contributed by atoms with E-state index in [1.54, 1.807) is 0 Å². The van der Waals surface area contributed by atoms with E-state index in [0.29, 0.717) is 5.92 Å². The average molecular weight is 502 g/mol. The van der Waals surface area contributed by atoms with Gasteiger partial charge in [0.25, 0.3) is 0 Å². The number of nitrogens with one attached hydrogen (secondary N) is 2. The number of guanidine groups is 1. The molecule has 1 aliphatic heterocycles. The number of halogens is 1. The molecule has 2 rings (SSSR count). The summed E-state index contributed by atoms with van der Waals surface area (Å²) in [6.45, 7) is 12.6. The van der Waals surface area contributed by atoms with Crippen LogP contribution in [0, 0.1) is 12.8 Å². The lowest BCUT2D eigenvalue weighted by Crippen LogP contribution is -2.42. The highest BCUT2D eigenvalue weighted by Gasteiger charge is 2.27.